The summed E-state index contributed by atoms with van der Waals surface area (Å²) in [6.07, 6.45) is 0.0420. The standard InChI is InChI=1S/C26H22O3/c1-3-18-12-14-19(15-13-18)25(27)17(2)29-26(28)24-22-10-6-4-8-20(22)16-21-9-5-7-11-23(21)24/h4-17H,3H2,1-2H3/t17-/m1/s1. The molecule has 0 spiro atoms. The molecule has 0 aliphatic carbocycles. The van der Waals surface area contributed by atoms with Crippen LogP contribution < -0.4 is 0 Å². The molecule has 0 amide bonds. The Morgan fingerprint density at radius 1 is 0.828 bits per heavy atom. The fourth-order valence-electron chi connectivity index (χ4n) is 3.65. The number of aryl methyl sites for hydroxylation is 1. The summed E-state index contributed by atoms with van der Waals surface area (Å²) in [5.41, 5.74) is 2.21. The van der Waals surface area contributed by atoms with Gasteiger partial charge in [0.1, 0.15) is 0 Å². The molecule has 0 heterocycles. The van der Waals surface area contributed by atoms with Gasteiger partial charge in [0.15, 0.2) is 6.10 Å². The first-order valence-electron chi connectivity index (χ1n) is 9.83. The van der Waals surface area contributed by atoms with E-state index in [1.165, 1.54) is 0 Å². The van der Waals surface area contributed by atoms with Crippen LogP contribution in [0.1, 0.15) is 40.1 Å². The first-order valence-corrected chi connectivity index (χ1v) is 9.83. The molecule has 4 aromatic rings. The molecule has 1 atom stereocenters. The molecule has 0 N–H and O–H groups in total. The molecular weight excluding hydrogens is 360 g/mol. The number of hydrogen-bond acceptors (Lipinski definition) is 3. The molecule has 0 fully saturated rings. The van der Waals surface area contributed by atoms with Crippen LogP contribution in [-0.2, 0) is 11.2 Å². The van der Waals surface area contributed by atoms with E-state index in [1.54, 1.807) is 19.1 Å². The molecule has 0 saturated heterocycles. The third-order valence-corrected chi connectivity index (χ3v) is 5.28. The molecule has 3 heteroatoms. The molecule has 0 aliphatic rings. The van der Waals surface area contributed by atoms with E-state index in [1.807, 2.05) is 60.7 Å². The Balaban J connectivity index is 1.68. The molecule has 4 aromatic carbocycles. The average molecular weight is 382 g/mol. The van der Waals surface area contributed by atoms with Crippen LogP contribution in [0, 0.1) is 0 Å². The topological polar surface area (TPSA) is 43.4 Å². The predicted octanol–water partition coefficient (Wildman–Crippen LogP) is 5.98. The first kappa shape index (κ1) is 18.9. The van der Waals surface area contributed by atoms with Gasteiger partial charge in [-0.3, -0.25) is 4.79 Å². The number of ketones is 1. The summed E-state index contributed by atoms with van der Waals surface area (Å²) < 4.78 is 5.64. The maximum Gasteiger partial charge on any atom is 0.340 e. The Morgan fingerprint density at radius 3 is 1.93 bits per heavy atom. The van der Waals surface area contributed by atoms with Gasteiger partial charge >= 0.3 is 5.97 Å². The minimum absolute atomic E-state index is 0.203. The van der Waals surface area contributed by atoms with Crippen LogP contribution in [-0.4, -0.2) is 17.9 Å². The number of rotatable bonds is 5. The van der Waals surface area contributed by atoms with E-state index in [2.05, 4.69) is 13.0 Å². The smallest absolute Gasteiger partial charge is 0.340 e. The Morgan fingerprint density at radius 2 is 1.38 bits per heavy atom. The second-order valence-corrected chi connectivity index (χ2v) is 7.16. The van der Waals surface area contributed by atoms with Crippen molar-refractivity contribution < 1.29 is 14.3 Å². The summed E-state index contributed by atoms with van der Waals surface area (Å²) in [4.78, 5) is 25.9. The minimum Gasteiger partial charge on any atom is -0.451 e. The molecule has 0 aliphatic heterocycles. The SMILES string of the molecule is CCc1ccc(C(=O)[C@@H](C)OC(=O)c2c3ccccc3cc3ccccc23)cc1. The number of hydrogen-bond donors (Lipinski definition) is 0. The number of carbonyl (C=O) groups is 2. The van der Waals surface area contributed by atoms with Gasteiger partial charge in [0.2, 0.25) is 5.78 Å². The van der Waals surface area contributed by atoms with Crippen molar-refractivity contribution in [2.45, 2.75) is 26.4 Å². The first-order chi connectivity index (χ1) is 14.1. The zero-order chi connectivity index (χ0) is 20.4. The van der Waals surface area contributed by atoms with Crippen LogP contribution in [0.15, 0.2) is 78.9 Å². The Hall–Kier alpha value is -3.46. The quantitative estimate of drug-likeness (QED) is 0.242. The van der Waals surface area contributed by atoms with Gasteiger partial charge in [-0.25, -0.2) is 4.79 Å². The molecule has 4 rings (SSSR count). The molecule has 0 bridgehead atoms. The van der Waals surface area contributed by atoms with Gasteiger partial charge in [-0.15, -0.1) is 0 Å². The summed E-state index contributed by atoms with van der Waals surface area (Å²) in [5.74, 6) is -0.686. The number of fused-ring (bicyclic) bond motifs is 2. The van der Waals surface area contributed by atoms with Gasteiger partial charge in [0.25, 0.3) is 0 Å². The maximum absolute atomic E-state index is 13.1. The predicted molar refractivity (Wildman–Crippen MR) is 116 cm³/mol. The van der Waals surface area contributed by atoms with Crippen LogP contribution >= 0.6 is 0 Å². The van der Waals surface area contributed by atoms with Crippen molar-refractivity contribution in [3.05, 3.63) is 95.6 Å². The van der Waals surface area contributed by atoms with Crippen molar-refractivity contribution in [3.8, 4) is 0 Å². The molecule has 0 unspecified atom stereocenters. The number of esters is 1. The minimum atomic E-state index is -0.868. The second kappa shape index (κ2) is 7.88. The van der Waals surface area contributed by atoms with Gasteiger partial charge in [0, 0.05) is 5.56 Å². The summed E-state index contributed by atoms with van der Waals surface area (Å²) in [7, 11) is 0. The molecule has 29 heavy (non-hydrogen) atoms. The number of Topliss-reactive ketones (excluding diaryl/α,β-unsaturated/α-hetero) is 1. The fraction of sp³-hybridized carbons (Fsp3) is 0.154. The van der Waals surface area contributed by atoms with Crippen molar-refractivity contribution in [1.82, 2.24) is 0 Å². The molecule has 3 nitrogen and oxygen atoms in total. The van der Waals surface area contributed by atoms with Gasteiger partial charge in [-0.2, -0.15) is 0 Å². The summed E-state index contributed by atoms with van der Waals surface area (Å²) in [6, 6.07) is 25.0. The molecule has 144 valence electrons. The van der Waals surface area contributed by atoms with Crippen LogP contribution in [0.3, 0.4) is 0 Å². The van der Waals surface area contributed by atoms with E-state index in [0.29, 0.717) is 11.1 Å². The lowest BCUT2D eigenvalue weighted by Gasteiger charge is -2.15. The summed E-state index contributed by atoms with van der Waals surface area (Å²) in [6.45, 7) is 3.69. The van der Waals surface area contributed by atoms with Crippen LogP contribution in [0.2, 0.25) is 0 Å². The normalized spacial score (nSPS) is 12.1. The van der Waals surface area contributed by atoms with Crippen molar-refractivity contribution in [3.63, 3.8) is 0 Å². The van der Waals surface area contributed by atoms with Crippen molar-refractivity contribution >= 4 is 33.3 Å². The fourth-order valence-corrected chi connectivity index (χ4v) is 3.65. The van der Waals surface area contributed by atoms with E-state index in [0.717, 1.165) is 33.5 Å². The van der Waals surface area contributed by atoms with Gasteiger partial charge in [-0.05, 0) is 46.5 Å². The Labute approximate surface area is 169 Å². The van der Waals surface area contributed by atoms with Gasteiger partial charge < -0.3 is 4.74 Å². The third kappa shape index (κ3) is 3.64. The molecule has 0 radical (unpaired) electrons. The second-order valence-electron chi connectivity index (χ2n) is 7.16. The number of benzene rings is 4. The van der Waals surface area contributed by atoms with Crippen molar-refractivity contribution in [1.29, 1.82) is 0 Å². The maximum atomic E-state index is 13.1. The monoisotopic (exact) mass is 382 g/mol. The number of ether oxygens (including phenoxy) is 1. The van der Waals surface area contributed by atoms with E-state index in [4.69, 9.17) is 4.74 Å². The molecular formula is C26H22O3. The van der Waals surface area contributed by atoms with E-state index in [9.17, 15) is 9.59 Å². The Bertz CT molecular complexity index is 1150. The largest absolute Gasteiger partial charge is 0.451 e. The lowest BCUT2D eigenvalue weighted by molar-refractivity contribution is 0.0322. The highest BCUT2D eigenvalue weighted by atomic mass is 16.5. The summed E-state index contributed by atoms with van der Waals surface area (Å²) >= 11 is 0. The van der Waals surface area contributed by atoms with Crippen LogP contribution in [0.25, 0.3) is 21.5 Å². The van der Waals surface area contributed by atoms with Crippen LogP contribution in [0.5, 0.6) is 0 Å². The van der Waals surface area contributed by atoms with Crippen molar-refractivity contribution in [2.24, 2.45) is 0 Å². The zero-order valence-electron chi connectivity index (χ0n) is 16.5. The third-order valence-electron chi connectivity index (χ3n) is 5.28. The number of carbonyl (C=O) groups excluding carboxylic acids is 2. The van der Waals surface area contributed by atoms with Crippen molar-refractivity contribution in [2.75, 3.05) is 0 Å². The van der Waals surface area contributed by atoms with E-state index < -0.39 is 12.1 Å². The Kier molecular flexibility index (Phi) is 5.13. The zero-order valence-corrected chi connectivity index (χ0v) is 16.5. The van der Waals surface area contributed by atoms with Crippen LogP contribution in [0.4, 0.5) is 0 Å². The molecule has 0 aromatic heterocycles. The highest BCUT2D eigenvalue weighted by Gasteiger charge is 2.23. The average Bonchev–Trinajstić information content (AvgIpc) is 2.76. The summed E-state index contributed by atoms with van der Waals surface area (Å²) in [5, 5.41) is 3.57. The highest BCUT2D eigenvalue weighted by Crippen LogP contribution is 2.29. The molecule has 0 saturated carbocycles. The van der Waals surface area contributed by atoms with E-state index in [-0.39, 0.29) is 5.78 Å². The van der Waals surface area contributed by atoms with Gasteiger partial charge in [-0.1, -0.05) is 79.7 Å². The van der Waals surface area contributed by atoms with Gasteiger partial charge in [0.05, 0.1) is 5.56 Å². The lowest BCUT2D eigenvalue weighted by Crippen LogP contribution is -2.24. The lowest BCUT2D eigenvalue weighted by atomic mass is 9.97. The van der Waals surface area contributed by atoms with E-state index >= 15 is 0 Å². The highest BCUT2D eigenvalue weighted by molar-refractivity contribution is 6.17.